The Kier molecular flexibility index (Phi) is 12.4. The molecule has 1 rings (SSSR count). The lowest BCUT2D eigenvalue weighted by Gasteiger charge is -2.28. The summed E-state index contributed by atoms with van der Waals surface area (Å²) in [6.07, 6.45) is 0.358. The van der Waals surface area contributed by atoms with E-state index in [1.54, 1.807) is 47.6 Å². The third-order valence-electron chi connectivity index (χ3n) is 5.46. The average Bonchev–Trinajstić information content (AvgIpc) is 2.79. The van der Waals surface area contributed by atoms with Crippen LogP contribution in [0.25, 0.3) is 0 Å². The van der Waals surface area contributed by atoms with Crippen molar-refractivity contribution in [2.75, 3.05) is 6.61 Å². The Morgan fingerprint density at radius 3 is 1.97 bits per heavy atom. The summed E-state index contributed by atoms with van der Waals surface area (Å²) in [7, 11) is 0. The molecule has 4 atom stereocenters. The Labute approximate surface area is 212 Å². The van der Waals surface area contributed by atoms with Gasteiger partial charge in [-0.15, -0.1) is 0 Å². The first-order chi connectivity index (χ1) is 16.8. The highest BCUT2D eigenvalue weighted by atomic mass is 16.7. The third-order valence-corrected chi connectivity index (χ3v) is 5.46. The zero-order valence-electron chi connectivity index (χ0n) is 22.1. The molecule has 36 heavy (non-hydrogen) atoms. The van der Waals surface area contributed by atoms with Gasteiger partial charge < -0.3 is 29.8 Å². The predicted molar refractivity (Wildman–Crippen MR) is 132 cm³/mol. The van der Waals surface area contributed by atoms with E-state index >= 15 is 0 Å². The number of rotatable bonds is 13. The second kappa shape index (κ2) is 14.4. The maximum Gasteiger partial charge on any atom is 0.508 e. The molecule has 0 spiro atoms. The number of aliphatic carboxylic acids is 1. The molecule has 0 aliphatic rings. The van der Waals surface area contributed by atoms with Crippen molar-refractivity contribution in [1.82, 2.24) is 0 Å². The van der Waals surface area contributed by atoms with Crippen LogP contribution in [-0.4, -0.2) is 47.9 Å². The quantitative estimate of drug-likeness (QED) is 0.291. The molecule has 202 valence electrons. The Morgan fingerprint density at radius 2 is 1.47 bits per heavy atom. The van der Waals surface area contributed by atoms with Gasteiger partial charge in [0, 0.05) is 5.92 Å². The van der Waals surface area contributed by atoms with Crippen molar-refractivity contribution >= 4 is 24.1 Å². The fourth-order valence-electron chi connectivity index (χ4n) is 3.36. The van der Waals surface area contributed by atoms with Crippen LogP contribution in [0.5, 0.6) is 11.5 Å². The normalized spacial score (nSPS) is 14.5. The standard InChI is InChI=1S/C26H39NO9/c1-8-9-17(7)34-26(32)33-13-16(6)21(22(27)23(28)29)18-10-11-19(35-24(30)14(2)3)20(12-18)36-25(31)15(4)5/h10-12,14-17,21-22H,8-9,13,27H2,1-7H3,(H,28,29)/t16?,17?,21?,22-/m0/s1. The van der Waals surface area contributed by atoms with E-state index in [1.807, 2.05) is 6.92 Å². The van der Waals surface area contributed by atoms with Crippen LogP contribution in [0.15, 0.2) is 18.2 Å². The Bertz CT molecular complexity index is 913. The minimum absolute atomic E-state index is 0.0199. The molecule has 10 nitrogen and oxygen atoms in total. The zero-order valence-corrected chi connectivity index (χ0v) is 22.1. The van der Waals surface area contributed by atoms with Crippen LogP contribution in [0.2, 0.25) is 0 Å². The monoisotopic (exact) mass is 509 g/mol. The summed E-state index contributed by atoms with van der Waals surface area (Å²) in [5, 5.41) is 9.63. The van der Waals surface area contributed by atoms with Crippen molar-refractivity contribution in [2.24, 2.45) is 23.5 Å². The Balaban J connectivity index is 3.28. The van der Waals surface area contributed by atoms with Gasteiger partial charge in [0.25, 0.3) is 0 Å². The molecule has 0 saturated heterocycles. The summed E-state index contributed by atoms with van der Waals surface area (Å²) in [6, 6.07) is 3.03. The van der Waals surface area contributed by atoms with Crippen LogP contribution < -0.4 is 15.2 Å². The molecular formula is C26H39NO9. The van der Waals surface area contributed by atoms with Crippen LogP contribution in [0.3, 0.4) is 0 Å². The van der Waals surface area contributed by atoms with Crippen molar-refractivity contribution in [3.05, 3.63) is 23.8 Å². The van der Waals surface area contributed by atoms with Gasteiger partial charge in [0.2, 0.25) is 0 Å². The number of hydrogen-bond donors (Lipinski definition) is 2. The summed E-state index contributed by atoms with van der Waals surface area (Å²) in [5.74, 6) is -4.65. The summed E-state index contributed by atoms with van der Waals surface area (Å²) in [5.41, 5.74) is 6.42. The molecule has 3 unspecified atom stereocenters. The number of nitrogens with two attached hydrogens (primary N) is 1. The first-order valence-electron chi connectivity index (χ1n) is 12.2. The predicted octanol–water partition coefficient (Wildman–Crippen LogP) is 4.28. The number of esters is 2. The minimum atomic E-state index is -1.36. The van der Waals surface area contributed by atoms with Crippen LogP contribution >= 0.6 is 0 Å². The molecule has 0 fully saturated rings. The van der Waals surface area contributed by atoms with Gasteiger partial charge in [-0.2, -0.15) is 0 Å². The second-order valence-electron chi connectivity index (χ2n) is 9.50. The van der Waals surface area contributed by atoms with E-state index in [0.29, 0.717) is 12.0 Å². The van der Waals surface area contributed by atoms with Crippen molar-refractivity contribution in [3.8, 4) is 11.5 Å². The molecule has 0 amide bonds. The first-order valence-corrected chi connectivity index (χ1v) is 12.2. The van der Waals surface area contributed by atoms with E-state index in [1.165, 1.54) is 12.1 Å². The zero-order chi connectivity index (χ0) is 27.6. The van der Waals surface area contributed by atoms with Gasteiger partial charge in [0.05, 0.1) is 18.4 Å². The molecule has 0 aliphatic heterocycles. The highest BCUT2D eigenvalue weighted by Crippen LogP contribution is 2.36. The molecule has 0 heterocycles. The maximum absolute atomic E-state index is 12.3. The van der Waals surface area contributed by atoms with E-state index in [4.69, 9.17) is 24.7 Å². The number of benzene rings is 1. The number of carbonyl (C=O) groups excluding carboxylic acids is 3. The largest absolute Gasteiger partial charge is 0.508 e. The molecule has 1 aromatic carbocycles. The van der Waals surface area contributed by atoms with E-state index in [-0.39, 0.29) is 24.2 Å². The molecule has 0 saturated carbocycles. The van der Waals surface area contributed by atoms with E-state index in [2.05, 4.69) is 0 Å². The summed E-state index contributed by atoms with van der Waals surface area (Å²) in [4.78, 5) is 48.3. The molecule has 0 aromatic heterocycles. The van der Waals surface area contributed by atoms with E-state index in [9.17, 15) is 24.3 Å². The Morgan fingerprint density at radius 1 is 0.917 bits per heavy atom. The van der Waals surface area contributed by atoms with E-state index in [0.717, 1.165) is 6.42 Å². The number of carboxylic acids is 1. The first kappa shape index (κ1) is 30.9. The number of carboxylic acid groups (broad SMARTS) is 1. The van der Waals surface area contributed by atoms with Gasteiger partial charge in [-0.1, -0.05) is 54.0 Å². The van der Waals surface area contributed by atoms with Gasteiger partial charge in [-0.25, -0.2) is 4.79 Å². The van der Waals surface area contributed by atoms with Crippen molar-refractivity contribution < 1.29 is 43.2 Å². The highest BCUT2D eigenvalue weighted by Gasteiger charge is 2.33. The summed E-state index contributed by atoms with van der Waals surface area (Å²) < 4.78 is 21.2. The summed E-state index contributed by atoms with van der Waals surface area (Å²) >= 11 is 0. The van der Waals surface area contributed by atoms with Crippen LogP contribution in [-0.2, 0) is 23.9 Å². The molecule has 0 radical (unpaired) electrons. The second-order valence-corrected chi connectivity index (χ2v) is 9.50. The topological polar surface area (TPSA) is 151 Å². The number of carbonyl (C=O) groups is 4. The molecule has 0 aliphatic carbocycles. The fraction of sp³-hybridized carbons (Fsp3) is 0.615. The Hall–Kier alpha value is -3.14. The molecular weight excluding hydrogens is 470 g/mol. The van der Waals surface area contributed by atoms with Gasteiger partial charge in [0.15, 0.2) is 11.5 Å². The van der Waals surface area contributed by atoms with Gasteiger partial charge in [-0.3, -0.25) is 14.4 Å². The number of ether oxygens (including phenoxy) is 4. The van der Waals surface area contributed by atoms with Crippen LogP contribution in [0.1, 0.15) is 72.8 Å². The van der Waals surface area contributed by atoms with Crippen molar-refractivity contribution in [3.63, 3.8) is 0 Å². The summed E-state index contributed by atoms with van der Waals surface area (Å²) in [6.45, 7) is 11.9. The van der Waals surface area contributed by atoms with Crippen LogP contribution in [0, 0.1) is 17.8 Å². The molecule has 3 N–H and O–H groups in total. The van der Waals surface area contributed by atoms with Gasteiger partial charge in [0.1, 0.15) is 12.1 Å². The third kappa shape index (κ3) is 9.49. The maximum atomic E-state index is 12.3. The lowest BCUT2D eigenvalue weighted by molar-refractivity contribution is -0.140. The lowest BCUT2D eigenvalue weighted by atomic mass is 9.82. The molecule has 1 aromatic rings. The van der Waals surface area contributed by atoms with Gasteiger partial charge >= 0.3 is 24.1 Å². The minimum Gasteiger partial charge on any atom is -0.480 e. The van der Waals surface area contributed by atoms with E-state index < -0.39 is 53.8 Å². The smallest absolute Gasteiger partial charge is 0.480 e. The lowest BCUT2D eigenvalue weighted by Crippen LogP contribution is -2.40. The molecule has 10 heteroatoms. The van der Waals surface area contributed by atoms with Crippen molar-refractivity contribution in [2.45, 2.75) is 79.4 Å². The van der Waals surface area contributed by atoms with Crippen molar-refractivity contribution in [1.29, 1.82) is 0 Å². The fourth-order valence-corrected chi connectivity index (χ4v) is 3.36. The average molecular weight is 510 g/mol. The molecule has 0 bridgehead atoms. The highest BCUT2D eigenvalue weighted by molar-refractivity contribution is 5.78. The number of hydrogen-bond acceptors (Lipinski definition) is 9. The SMILES string of the molecule is CCCC(C)OC(=O)OCC(C)C(c1ccc(OC(=O)C(C)C)c(OC(=O)C(C)C)c1)[C@H](N)C(=O)O. The van der Waals surface area contributed by atoms with Gasteiger partial charge in [-0.05, 0) is 37.0 Å². The van der Waals surface area contributed by atoms with Crippen LogP contribution in [0.4, 0.5) is 4.79 Å².